The van der Waals surface area contributed by atoms with Crippen molar-refractivity contribution in [1.82, 2.24) is 19.3 Å². The minimum atomic E-state index is 0.101. The lowest BCUT2D eigenvalue weighted by atomic mass is 10.1. The number of aromatic nitrogens is 3. The van der Waals surface area contributed by atoms with Crippen LogP contribution in [-0.4, -0.2) is 38.3 Å². The van der Waals surface area contributed by atoms with Crippen LogP contribution in [0.5, 0.6) is 0 Å². The molecule has 1 amide bonds. The Morgan fingerprint density at radius 2 is 1.80 bits per heavy atom. The number of anilines is 2. The molecule has 5 rings (SSSR count). The Bertz CT molecular complexity index is 1180. The Morgan fingerprint density at radius 3 is 2.63 bits per heavy atom. The van der Waals surface area contributed by atoms with Gasteiger partial charge in [-0.1, -0.05) is 36.4 Å². The third-order valence-corrected chi connectivity index (χ3v) is 5.49. The van der Waals surface area contributed by atoms with E-state index < -0.39 is 0 Å². The number of piperidine rings is 1. The van der Waals surface area contributed by atoms with Crippen LogP contribution in [-0.2, 0) is 0 Å². The first-order chi connectivity index (χ1) is 14.8. The Labute approximate surface area is 175 Å². The van der Waals surface area contributed by atoms with E-state index in [4.69, 9.17) is 4.98 Å². The predicted octanol–water partition coefficient (Wildman–Crippen LogP) is 4.77. The lowest BCUT2D eigenvalue weighted by Crippen LogP contribution is -2.35. The van der Waals surface area contributed by atoms with Crippen molar-refractivity contribution in [2.75, 3.05) is 18.4 Å². The zero-order chi connectivity index (χ0) is 20.3. The van der Waals surface area contributed by atoms with Gasteiger partial charge in [0.1, 0.15) is 11.5 Å². The third kappa shape index (κ3) is 3.52. The summed E-state index contributed by atoms with van der Waals surface area (Å²) in [5, 5.41) is 3.49. The molecule has 150 valence electrons. The predicted molar refractivity (Wildman–Crippen MR) is 118 cm³/mol. The van der Waals surface area contributed by atoms with Crippen LogP contribution in [0.2, 0.25) is 0 Å². The van der Waals surface area contributed by atoms with E-state index in [2.05, 4.69) is 10.3 Å². The van der Waals surface area contributed by atoms with Crippen molar-refractivity contribution in [1.29, 1.82) is 0 Å². The first-order valence-electron chi connectivity index (χ1n) is 10.3. The highest BCUT2D eigenvalue weighted by atomic mass is 16.2. The van der Waals surface area contributed by atoms with Gasteiger partial charge in [0.05, 0.1) is 6.20 Å². The van der Waals surface area contributed by atoms with Crippen LogP contribution < -0.4 is 5.32 Å². The third-order valence-electron chi connectivity index (χ3n) is 5.49. The van der Waals surface area contributed by atoms with Gasteiger partial charge in [0.15, 0.2) is 5.65 Å². The quantitative estimate of drug-likeness (QED) is 0.539. The molecule has 0 aliphatic carbocycles. The van der Waals surface area contributed by atoms with Crippen LogP contribution in [0.4, 0.5) is 11.5 Å². The molecular formula is C24H23N5O. The molecule has 0 atom stereocenters. The Balaban J connectivity index is 1.51. The van der Waals surface area contributed by atoms with Crippen LogP contribution >= 0.6 is 0 Å². The van der Waals surface area contributed by atoms with Crippen molar-refractivity contribution >= 4 is 23.1 Å². The number of nitrogens with zero attached hydrogens (tertiary/aromatic N) is 4. The highest BCUT2D eigenvalue weighted by molar-refractivity contribution is 5.95. The summed E-state index contributed by atoms with van der Waals surface area (Å²) in [7, 11) is 0. The largest absolute Gasteiger partial charge is 0.339 e. The molecule has 0 radical (unpaired) electrons. The molecule has 0 bridgehead atoms. The van der Waals surface area contributed by atoms with Gasteiger partial charge in [0, 0.05) is 42.3 Å². The number of imidazole rings is 1. The molecule has 4 aromatic rings. The number of hydrogen-bond acceptors (Lipinski definition) is 4. The molecule has 1 saturated heterocycles. The van der Waals surface area contributed by atoms with Gasteiger partial charge in [-0.15, -0.1) is 0 Å². The van der Waals surface area contributed by atoms with Gasteiger partial charge in [-0.05, 0) is 37.5 Å². The summed E-state index contributed by atoms with van der Waals surface area (Å²) < 4.78 is 1.98. The summed E-state index contributed by atoms with van der Waals surface area (Å²) in [6.45, 7) is 1.68. The number of carbonyl (C=O) groups excluding carboxylic acids is 1. The fourth-order valence-electron chi connectivity index (χ4n) is 3.97. The lowest BCUT2D eigenvalue weighted by molar-refractivity contribution is 0.0724. The Hall–Kier alpha value is -3.67. The first kappa shape index (κ1) is 18.4. The van der Waals surface area contributed by atoms with E-state index in [-0.39, 0.29) is 5.91 Å². The van der Waals surface area contributed by atoms with Crippen molar-refractivity contribution in [3.05, 3.63) is 78.8 Å². The van der Waals surface area contributed by atoms with Gasteiger partial charge in [-0.2, -0.15) is 0 Å². The second-order valence-corrected chi connectivity index (χ2v) is 7.54. The zero-order valence-corrected chi connectivity index (χ0v) is 16.7. The smallest absolute Gasteiger partial charge is 0.253 e. The molecule has 1 fully saturated rings. The summed E-state index contributed by atoms with van der Waals surface area (Å²) in [5.74, 6) is 0.949. The van der Waals surface area contributed by atoms with Gasteiger partial charge in [0.25, 0.3) is 5.91 Å². The second kappa shape index (κ2) is 7.99. The zero-order valence-electron chi connectivity index (χ0n) is 16.7. The van der Waals surface area contributed by atoms with E-state index in [9.17, 15) is 4.79 Å². The topological polar surface area (TPSA) is 62.5 Å². The van der Waals surface area contributed by atoms with Crippen molar-refractivity contribution in [3.63, 3.8) is 0 Å². The van der Waals surface area contributed by atoms with Crippen LogP contribution in [0.25, 0.3) is 16.9 Å². The molecule has 6 heteroatoms. The summed E-state index contributed by atoms with van der Waals surface area (Å²) in [4.78, 5) is 23.9. The second-order valence-electron chi connectivity index (χ2n) is 7.54. The fourth-order valence-corrected chi connectivity index (χ4v) is 3.97. The lowest BCUT2D eigenvalue weighted by Gasteiger charge is -2.26. The molecular weight excluding hydrogens is 374 g/mol. The summed E-state index contributed by atoms with van der Waals surface area (Å²) in [5.41, 5.74) is 4.19. The number of fused-ring (bicyclic) bond motifs is 1. The van der Waals surface area contributed by atoms with Gasteiger partial charge >= 0.3 is 0 Å². The molecule has 1 N–H and O–H groups in total. The minimum Gasteiger partial charge on any atom is -0.339 e. The molecule has 0 spiro atoms. The molecule has 0 saturated carbocycles. The molecule has 3 heterocycles. The average molecular weight is 397 g/mol. The Morgan fingerprint density at radius 1 is 0.967 bits per heavy atom. The number of amides is 1. The molecule has 2 aromatic heterocycles. The molecule has 1 aliphatic heterocycles. The van der Waals surface area contributed by atoms with Gasteiger partial charge < -0.3 is 10.2 Å². The molecule has 0 unspecified atom stereocenters. The van der Waals surface area contributed by atoms with Crippen LogP contribution in [0.1, 0.15) is 29.6 Å². The van der Waals surface area contributed by atoms with E-state index >= 15 is 0 Å². The first-order valence-corrected chi connectivity index (χ1v) is 10.3. The Kier molecular flexibility index (Phi) is 4.89. The highest BCUT2D eigenvalue weighted by Gasteiger charge is 2.19. The number of nitrogens with one attached hydrogen (secondary N) is 1. The highest BCUT2D eigenvalue weighted by Crippen LogP contribution is 2.31. The number of benzene rings is 2. The summed E-state index contributed by atoms with van der Waals surface area (Å²) in [6.07, 6.45) is 8.75. The SMILES string of the molecule is O=C(c1cccc(Nc2c(-c3ccccc3)nc3cnccn23)c1)N1CCCCC1. The maximum absolute atomic E-state index is 12.9. The maximum Gasteiger partial charge on any atom is 0.253 e. The van der Waals surface area contributed by atoms with E-state index in [1.165, 1.54) is 6.42 Å². The minimum absolute atomic E-state index is 0.101. The van der Waals surface area contributed by atoms with E-state index in [1.54, 1.807) is 12.4 Å². The molecule has 2 aromatic carbocycles. The normalized spacial score (nSPS) is 14.1. The van der Waals surface area contributed by atoms with Crippen LogP contribution in [0.3, 0.4) is 0 Å². The van der Waals surface area contributed by atoms with Crippen LogP contribution in [0.15, 0.2) is 73.2 Å². The monoisotopic (exact) mass is 397 g/mol. The average Bonchev–Trinajstić information content (AvgIpc) is 3.18. The summed E-state index contributed by atoms with van der Waals surface area (Å²) in [6, 6.07) is 17.8. The number of carbonyl (C=O) groups is 1. The molecule has 30 heavy (non-hydrogen) atoms. The van der Waals surface area contributed by atoms with E-state index in [1.807, 2.05) is 70.1 Å². The summed E-state index contributed by atoms with van der Waals surface area (Å²) >= 11 is 0. The van der Waals surface area contributed by atoms with Crippen molar-refractivity contribution < 1.29 is 4.79 Å². The van der Waals surface area contributed by atoms with Crippen molar-refractivity contribution in [2.45, 2.75) is 19.3 Å². The number of hydrogen-bond donors (Lipinski definition) is 1. The van der Waals surface area contributed by atoms with Gasteiger partial charge in [0.2, 0.25) is 0 Å². The molecule has 1 aliphatic rings. The number of rotatable bonds is 4. The van der Waals surface area contributed by atoms with Crippen molar-refractivity contribution in [2.24, 2.45) is 0 Å². The van der Waals surface area contributed by atoms with Gasteiger partial charge in [-0.3, -0.25) is 14.2 Å². The van der Waals surface area contributed by atoms with E-state index in [0.29, 0.717) is 5.56 Å². The fraction of sp³-hybridized carbons (Fsp3) is 0.208. The van der Waals surface area contributed by atoms with Gasteiger partial charge in [-0.25, -0.2) is 4.98 Å². The van der Waals surface area contributed by atoms with E-state index in [0.717, 1.165) is 54.3 Å². The van der Waals surface area contributed by atoms with Crippen LogP contribution in [0, 0.1) is 0 Å². The maximum atomic E-state index is 12.9. The standard InChI is InChI=1S/C24H23N5O/c30-24(28-13-5-2-6-14-28)19-10-7-11-20(16-19)26-23-22(18-8-3-1-4-9-18)27-21-17-25-12-15-29(21)23/h1,3-4,7-12,15-17,26H,2,5-6,13-14H2. The molecule has 6 nitrogen and oxygen atoms in total. The number of likely N-dealkylation sites (tertiary alicyclic amines) is 1. The van der Waals surface area contributed by atoms with Crippen molar-refractivity contribution in [3.8, 4) is 11.3 Å².